The van der Waals surface area contributed by atoms with Crippen LogP contribution in [-0.4, -0.2) is 44.1 Å². The molecule has 2 aromatic rings. The standard InChI is InChI=1S/C18H17F3N2O3S/c1-12-4-3-5-13(10-12)16-22-17(24,18(19,20)21)11-23(16)14-6-8-15(9-7-14)27(2,25)26/h3-10,24H,11H2,1-2H3. The van der Waals surface area contributed by atoms with Gasteiger partial charge >= 0.3 is 6.18 Å². The average Bonchev–Trinajstić information content (AvgIpc) is 2.93. The molecule has 9 heteroatoms. The number of halogens is 3. The summed E-state index contributed by atoms with van der Waals surface area (Å²) in [5, 5.41) is 10.1. The third-order valence-electron chi connectivity index (χ3n) is 4.23. The first-order valence-electron chi connectivity index (χ1n) is 7.94. The van der Waals surface area contributed by atoms with Crippen molar-refractivity contribution in [2.24, 2.45) is 4.99 Å². The van der Waals surface area contributed by atoms with Crippen LogP contribution in [0.5, 0.6) is 0 Å². The Bertz CT molecular complexity index is 1000. The number of anilines is 1. The summed E-state index contributed by atoms with van der Waals surface area (Å²) in [5.74, 6) is -0.0365. The number of hydrogen-bond acceptors (Lipinski definition) is 5. The van der Waals surface area contributed by atoms with Crippen molar-refractivity contribution < 1.29 is 26.7 Å². The van der Waals surface area contributed by atoms with Gasteiger partial charge in [0.25, 0.3) is 5.72 Å². The zero-order valence-corrected chi connectivity index (χ0v) is 15.3. The largest absolute Gasteiger partial charge is 0.440 e. The maximum absolute atomic E-state index is 13.4. The summed E-state index contributed by atoms with van der Waals surface area (Å²) in [7, 11) is -3.44. The Morgan fingerprint density at radius 2 is 1.78 bits per heavy atom. The summed E-state index contributed by atoms with van der Waals surface area (Å²) >= 11 is 0. The predicted octanol–water partition coefficient (Wildman–Crippen LogP) is 2.92. The van der Waals surface area contributed by atoms with E-state index in [2.05, 4.69) is 4.99 Å². The smallest absolute Gasteiger partial charge is 0.361 e. The van der Waals surface area contributed by atoms with Crippen molar-refractivity contribution in [3.8, 4) is 0 Å². The van der Waals surface area contributed by atoms with E-state index < -0.39 is 28.3 Å². The number of β-amino-alcohol motifs (C(OH)–C–C–N with tert-alkyl or cyclic N) is 1. The fourth-order valence-electron chi connectivity index (χ4n) is 2.81. The minimum atomic E-state index is -4.95. The van der Waals surface area contributed by atoms with Crippen molar-refractivity contribution in [2.45, 2.75) is 23.7 Å². The molecular weight excluding hydrogens is 381 g/mol. The molecule has 0 spiro atoms. The lowest BCUT2D eigenvalue weighted by molar-refractivity contribution is -0.249. The number of benzene rings is 2. The van der Waals surface area contributed by atoms with Crippen LogP contribution in [-0.2, 0) is 9.84 Å². The number of aliphatic imine (C=N–C) groups is 1. The first kappa shape index (κ1) is 19.4. The number of alkyl halides is 3. The summed E-state index contributed by atoms with van der Waals surface area (Å²) in [6.45, 7) is 0.970. The minimum Gasteiger partial charge on any atom is -0.361 e. The van der Waals surface area contributed by atoms with Crippen LogP contribution in [0.4, 0.5) is 18.9 Å². The van der Waals surface area contributed by atoms with Crippen molar-refractivity contribution in [3.05, 3.63) is 59.7 Å². The third-order valence-corrected chi connectivity index (χ3v) is 5.36. The molecule has 1 N–H and O–H groups in total. The topological polar surface area (TPSA) is 70.0 Å². The molecule has 2 aromatic carbocycles. The fraction of sp³-hybridized carbons (Fsp3) is 0.278. The lowest BCUT2D eigenvalue weighted by atomic mass is 10.1. The second-order valence-electron chi connectivity index (χ2n) is 6.47. The average molecular weight is 398 g/mol. The van der Waals surface area contributed by atoms with Gasteiger partial charge in [-0.15, -0.1) is 0 Å². The van der Waals surface area contributed by atoms with Crippen LogP contribution in [0.25, 0.3) is 0 Å². The van der Waals surface area contributed by atoms with Crippen LogP contribution in [0.15, 0.2) is 58.4 Å². The van der Waals surface area contributed by atoms with Crippen LogP contribution in [0, 0.1) is 6.92 Å². The molecule has 0 amide bonds. The number of aliphatic hydroxyl groups is 1. The van der Waals surface area contributed by atoms with Gasteiger partial charge < -0.3 is 10.0 Å². The normalized spacial score (nSPS) is 20.7. The van der Waals surface area contributed by atoms with Crippen molar-refractivity contribution in [1.29, 1.82) is 0 Å². The van der Waals surface area contributed by atoms with Crippen LogP contribution < -0.4 is 4.90 Å². The Morgan fingerprint density at radius 1 is 1.15 bits per heavy atom. The third kappa shape index (κ3) is 3.70. The van der Waals surface area contributed by atoms with Gasteiger partial charge in [-0.05, 0) is 37.3 Å². The molecule has 1 unspecified atom stereocenters. The molecule has 0 aromatic heterocycles. The quantitative estimate of drug-likeness (QED) is 0.863. The highest BCUT2D eigenvalue weighted by Crippen LogP contribution is 2.39. The number of hydrogen-bond donors (Lipinski definition) is 1. The maximum Gasteiger partial charge on any atom is 0.440 e. The lowest BCUT2D eigenvalue weighted by Gasteiger charge is -2.25. The van der Waals surface area contributed by atoms with Gasteiger partial charge in [-0.3, -0.25) is 0 Å². The molecule has 1 atom stereocenters. The Hall–Kier alpha value is -2.39. The van der Waals surface area contributed by atoms with Crippen molar-refractivity contribution in [3.63, 3.8) is 0 Å². The molecule has 0 bridgehead atoms. The molecule has 0 radical (unpaired) electrons. The molecule has 27 heavy (non-hydrogen) atoms. The van der Waals surface area contributed by atoms with E-state index in [0.717, 1.165) is 11.8 Å². The first-order chi connectivity index (χ1) is 12.4. The van der Waals surface area contributed by atoms with E-state index in [9.17, 15) is 26.7 Å². The van der Waals surface area contributed by atoms with Crippen molar-refractivity contribution in [2.75, 3.05) is 17.7 Å². The summed E-state index contributed by atoms with van der Waals surface area (Å²) in [4.78, 5) is 4.86. The van der Waals surface area contributed by atoms with Gasteiger partial charge in [0.2, 0.25) is 0 Å². The van der Waals surface area contributed by atoms with Gasteiger partial charge in [-0.2, -0.15) is 13.2 Å². The van der Waals surface area contributed by atoms with Crippen molar-refractivity contribution in [1.82, 2.24) is 0 Å². The Morgan fingerprint density at radius 3 is 2.30 bits per heavy atom. The first-order valence-corrected chi connectivity index (χ1v) is 9.83. The zero-order valence-electron chi connectivity index (χ0n) is 14.5. The lowest BCUT2D eigenvalue weighted by Crippen LogP contribution is -2.47. The van der Waals surface area contributed by atoms with E-state index in [1.807, 2.05) is 0 Å². The molecular formula is C18H17F3N2O3S. The molecule has 1 heterocycles. The van der Waals surface area contributed by atoms with Crippen LogP contribution in [0.1, 0.15) is 11.1 Å². The summed E-state index contributed by atoms with van der Waals surface area (Å²) < 4.78 is 63.3. The second-order valence-corrected chi connectivity index (χ2v) is 8.49. The molecule has 0 saturated carbocycles. The van der Waals surface area contributed by atoms with E-state index in [1.54, 1.807) is 31.2 Å². The Kier molecular flexibility index (Phi) is 4.55. The number of amidine groups is 1. The highest BCUT2D eigenvalue weighted by atomic mass is 32.2. The maximum atomic E-state index is 13.4. The second kappa shape index (κ2) is 6.35. The van der Waals surface area contributed by atoms with Crippen LogP contribution in [0.3, 0.4) is 0 Å². The van der Waals surface area contributed by atoms with Gasteiger partial charge in [0.05, 0.1) is 11.4 Å². The minimum absolute atomic E-state index is 0.0365. The summed E-state index contributed by atoms with van der Waals surface area (Å²) in [5.41, 5.74) is -1.71. The van der Waals surface area contributed by atoms with E-state index >= 15 is 0 Å². The molecule has 144 valence electrons. The monoisotopic (exact) mass is 398 g/mol. The summed E-state index contributed by atoms with van der Waals surface area (Å²) in [6.07, 6.45) is -3.91. The van der Waals surface area contributed by atoms with Gasteiger partial charge in [0.15, 0.2) is 9.84 Å². The van der Waals surface area contributed by atoms with Crippen LogP contribution in [0.2, 0.25) is 0 Å². The molecule has 0 fully saturated rings. The molecule has 3 rings (SSSR count). The molecule has 1 aliphatic heterocycles. The number of rotatable bonds is 3. The molecule has 1 aliphatic rings. The summed E-state index contributed by atoms with van der Waals surface area (Å²) in [6, 6.07) is 12.1. The SMILES string of the molecule is Cc1cccc(C2=NC(O)(C(F)(F)F)CN2c2ccc(S(C)(=O)=O)cc2)c1. The number of sulfone groups is 1. The van der Waals surface area contributed by atoms with Gasteiger partial charge in [-0.25, -0.2) is 13.4 Å². The van der Waals surface area contributed by atoms with E-state index in [4.69, 9.17) is 0 Å². The van der Waals surface area contributed by atoms with Gasteiger partial charge in [0, 0.05) is 17.5 Å². The van der Waals surface area contributed by atoms with Gasteiger partial charge in [-0.1, -0.05) is 23.8 Å². The van der Waals surface area contributed by atoms with E-state index in [1.165, 1.54) is 29.2 Å². The number of aryl methyl sites for hydroxylation is 1. The Labute approximate surface area is 154 Å². The molecule has 0 aliphatic carbocycles. The molecule has 0 saturated heterocycles. The predicted molar refractivity (Wildman–Crippen MR) is 95.6 cm³/mol. The Balaban J connectivity index is 2.09. The highest BCUT2D eigenvalue weighted by molar-refractivity contribution is 7.90. The van der Waals surface area contributed by atoms with Crippen LogP contribution >= 0.6 is 0 Å². The molecule has 5 nitrogen and oxygen atoms in total. The highest BCUT2D eigenvalue weighted by Gasteiger charge is 2.58. The van der Waals surface area contributed by atoms with Crippen molar-refractivity contribution >= 4 is 21.4 Å². The van der Waals surface area contributed by atoms with Gasteiger partial charge in [0.1, 0.15) is 5.84 Å². The number of nitrogens with zero attached hydrogens (tertiary/aromatic N) is 2. The zero-order chi connectivity index (χ0) is 20.0. The van der Waals surface area contributed by atoms with E-state index in [0.29, 0.717) is 11.3 Å². The van der Waals surface area contributed by atoms with E-state index in [-0.39, 0.29) is 10.7 Å². The fourth-order valence-corrected chi connectivity index (χ4v) is 3.44.